The summed E-state index contributed by atoms with van der Waals surface area (Å²) in [6.45, 7) is 1.80. The van der Waals surface area contributed by atoms with Crippen molar-refractivity contribution in [1.29, 1.82) is 0 Å². The summed E-state index contributed by atoms with van der Waals surface area (Å²) in [5.74, 6) is -4.20. The van der Waals surface area contributed by atoms with E-state index in [1.165, 1.54) is 23.0 Å². The maximum absolute atomic E-state index is 14.6. The van der Waals surface area contributed by atoms with Crippen LogP contribution in [0.5, 0.6) is 11.5 Å². The van der Waals surface area contributed by atoms with Gasteiger partial charge in [0.15, 0.2) is 0 Å². The molecule has 4 aliphatic rings. The molecule has 1 saturated carbocycles. The van der Waals surface area contributed by atoms with Crippen LogP contribution in [-0.4, -0.2) is 35.8 Å². The lowest BCUT2D eigenvalue weighted by atomic mass is 9.51. The quantitative estimate of drug-likeness (QED) is 0.178. The highest BCUT2D eigenvalue weighted by atomic mass is 16.5. The average Bonchev–Trinajstić information content (AvgIpc) is 3.49. The van der Waals surface area contributed by atoms with E-state index >= 15 is 0 Å². The molecule has 8 rings (SSSR count). The van der Waals surface area contributed by atoms with Crippen LogP contribution in [0.4, 0.5) is 22.7 Å². The standard InChI is InChI=1S/C40H35N3O6/c1-40-32(37(46)43(39(40)48)25-11-7-4-8-12-25)22-30-28(35(40)31-21-27(49-2)17-20-33(31)44)18-19-29-34(30)38(47)42(36(29)45)26-15-13-24(14-16-26)41-23-9-5-3-6-10-23/h3-18,20-21,29-30,32,34-35,41,44H,19,22H2,1-2H3. The SMILES string of the molecule is COc1ccc(O)c(C2C3=CCC4C(=O)N(c5ccc(Nc6ccccc6)cc5)C(=O)C4C3CC3C(=O)N(c4ccccc4)C(=O)C32C)c1. The zero-order chi connectivity index (χ0) is 34.0. The second-order valence-corrected chi connectivity index (χ2v) is 13.5. The summed E-state index contributed by atoms with van der Waals surface area (Å²) in [6.07, 6.45) is 2.50. The van der Waals surface area contributed by atoms with Gasteiger partial charge in [-0.25, -0.2) is 4.90 Å². The Balaban J connectivity index is 1.19. The van der Waals surface area contributed by atoms with Gasteiger partial charge in [0.2, 0.25) is 23.6 Å². The number of rotatable bonds is 6. The molecule has 9 nitrogen and oxygen atoms in total. The molecule has 2 heterocycles. The number of nitrogens with one attached hydrogen (secondary N) is 1. The molecule has 0 spiro atoms. The van der Waals surface area contributed by atoms with Crippen molar-refractivity contribution in [3.8, 4) is 11.5 Å². The molecule has 2 aliphatic carbocycles. The van der Waals surface area contributed by atoms with Crippen molar-refractivity contribution >= 4 is 46.4 Å². The first-order valence-electron chi connectivity index (χ1n) is 16.5. The number of benzene rings is 4. The number of carbonyl (C=O) groups is 4. The van der Waals surface area contributed by atoms with E-state index in [1.807, 2.05) is 54.6 Å². The molecule has 9 heteroatoms. The summed E-state index contributed by atoms with van der Waals surface area (Å²) >= 11 is 0. The van der Waals surface area contributed by atoms with Crippen LogP contribution >= 0.6 is 0 Å². The number of allylic oxidation sites excluding steroid dienone is 2. The Morgan fingerprint density at radius 2 is 1.41 bits per heavy atom. The van der Waals surface area contributed by atoms with Gasteiger partial charge in [-0.3, -0.25) is 24.1 Å². The van der Waals surface area contributed by atoms with Crippen molar-refractivity contribution < 1.29 is 29.0 Å². The lowest BCUT2D eigenvalue weighted by molar-refractivity contribution is -0.131. The van der Waals surface area contributed by atoms with Gasteiger partial charge in [0.05, 0.1) is 41.7 Å². The molecule has 2 N–H and O–H groups in total. The molecule has 2 aliphatic heterocycles. The Labute approximate surface area is 283 Å². The van der Waals surface area contributed by atoms with Gasteiger partial charge in [0.1, 0.15) is 11.5 Å². The average molecular weight is 654 g/mol. The molecule has 4 amide bonds. The Bertz CT molecular complexity index is 2030. The number of phenols is 1. The third kappa shape index (κ3) is 4.59. The van der Waals surface area contributed by atoms with E-state index in [2.05, 4.69) is 5.32 Å². The van der Waals surface area contributed by atoms with Gasteiger partial charge >= 0.3 is 0 Å². The number of methoxy groups -OCH3 is 1. The summed E-state index contributed by atoms with van der Waals surface area (Å²) in [5.41, 5.74) is 2.67. The van der Waals surface area contributed by atoms with Gasteiger partial charge in [0, 0.05) is 22.9 Å². The Hall–Kier alpha value is -5.70. The van der Waals surface area contributed by atoms with Crippen LogP contribution < -0.4 is 19.9 Å². The molecule has 0 radical (unpaired) electrons. The Kier molecular flexibility index (Phi) is 7.17. The lowest BCUT2D eigenvalue weighted by Gasteiger charge is -2.49. The van der Waals surface area contributed by atoms with E-state index in [0.717, 1.165) is 16.9 Å². The molecule has 6 unspecified atom stereocenters. The molecule has 49 heavy (non-hydrogen) atoms. The van der Waals surface area contributed by atoms with Crippen LogP contribution in [-0.2, 0) is 19.2 Å². The number of nitrogens with zero attached hydrogens (tertiary/aromatic N) is 2. The van der Waals surface area contributed by atoms with Crippen LogP contribution in [0.25, 0.3) is 0 Å². The number of aromatic hydroxyl groups is 1. The van der Waals surface area contributed by atoms with Gasteiger partial charge in [-0.1, -0.05) is 48.0 Å². The fourth-order valence-corrected chi connectivity index (χ4v) is 8.71. The van der Waals surface area contributed by atoms with E-state index in [4.69, 9.17) is 4.74 Å². The fraction of sp³-hybridized carbons (Fsp3) is 0.250. The van der Waals surface area contributed by atoms with Crippen molar-refractivity contribution in [2.75, 3.05) is 22.2 Å². The Morgan fingerprint density at radius 1 is 0.755 bits per heavy atom. The highest BCUT2D eigenvalue weighted by molar-refractivity contribution is 6.25. The molecule has 246 valence electrons. The van der Waals surface area contributed by atoms with Gasteiger partial charge in [-0.2, -0.15) is 0 Å². The normalized spacial score (nSPS) is 27.4. The minimum absolute atomic E-state index is 0.0347. The van der Waals surface area contributed by atoms with Crippen molar-refractivity contribution in [1.82, 2.24) is 0 Å². The minimum Gasteiger partial charge on any atom is -0.508 e. The molecule has 4 aromatic carbocycles. The van der Waals surface area contributed by atoms with Crippen molar-refractivity contribution in [3.05, 3.63) is 120 Å². The first kappa shape index (κ1) is 30.6. The largest absolute Gasteiger partial charge is 0.508 e. The van der Waals surface area contributed by atoms with E-state index in [0.29, 0.717) is 29.1 Å². The van der Waals surface area contributed by atoms with E-state index in [-0.39, 0.29) is 35.8 Å². The summed E-state index contributed by atoms with van der Waals surface area (Å²) < 4.78 is 5.52. The van der Waals surface area contributed by atoms with Gasteiger partial charge in [-0.05, 0) is 92.4 Å². The highest BCUT2D eigenvalue weighted by Crippen LogP contribution is 2.64. The third-order valence-electron chi connectivity index (χ3n) is 11.0. The number of para-hydroxylation sites is 2. The first-order valence-corrected chi connectivity index (χ1v) is 16.5. The predicted molar refractivity (Wildman–Crippen MR) is 184 cm³/mol. The lowest BCUT2D eigenvalue weighted by Crippen LogP contribution is -2.48. The zero-order valence-electron chi connectivity index (χ0n) is 27.1. The second-order valence-electron chi connectivity index (χ2n) is 13.5. The number of imide groups is 2. The fourth-order valence-electron chi connectivity index (χ4n) is 8.71. The summed E-state index contributed by atoms with van der Waals surface area (Å²) in [6, 6.07) is 30.6. The molecule has 4 aromatic rings. The number of hydrogen-bond acceptors (Lipinski definition) is 7. The molecule has 0 aromatic heterocycles. The maximum Gasteiger partial charge on any atom is 0.241 e. The summed E-state index contributed by atoms with van der Waals surface area (Å²) in [4.78, 5) is 59.9. The van der Waals surface area contributed by atoms with E-state index in [9.17, 15) is 24.3 Å². The summed E-state index contributed by atoms with van der Waals surface area (Å²) in [7, 11) is 1.53. The monoisotopic (exact) mass is 653 g/mol. The first-order chi connectivity index (χ1) is 23.7. The highest BCUT2D eigenvalue weighted by Gasteiger charge is 2.68. The molecule has 3 fully saturated rings. The number of phenolic OH excluding ortho intramolecular Hbond substituents is 1. The van der Waals surface area contributed by atoms with Crippen LogP contribution in [0, 0.1) is 29.1 Å². The molecule has 2 saturated heterocycles. The van der Waals surface area contributed by atoms with Gasteiger partial charge < -0.3 is 15.2 Å². The smallest absolute Gasteiger partial charge is 0.241 e. The van der Waals surface area contributed by atoms with E-state index < -0.39 is 35.0 Å². The number of ether oxygens (including phenoxy) is 1. The topological polar surface area (TPSA) is 116 Å². The van der Waals surface area contributed by atoms with Crippen molar-refractivity contribution in [2.45, 2.75) is 25.7 Å². The second kappa shape index (κ2) is 11.5. The number of anilines is 4. The van der Waals surface area contributed by atoms with Crippen LogP contribution in [0.3, 0.4) is 0 Å². The van der Waals surface area contributed by atoms with Gasteiger partial charge in [0.25, 0.3) is 0 Å². The number of amides is 4. The summed E-state index contributed by atoms with van der Waals surface area (Å²) in [5, 5.41) is 14.6. The molecule has 0 bridgehead atoms. The van der Waals surface area contributed by atoms with Crippen LogP contribution in [0.2, 0.25) is 0 Å². The van der Waals surface area contributed by atoms with Crippen molar-refractivity contribution in [3.63, 3.8) is 0 Å². The number of carbonyl (C=O) groups excluding carboxylic acids is 4. The zero-order valence-corrected chi connectivity index (χ0v) is 27.1. The third-order valence-corrected chi connectivity index (χ3v) is 11.0. The van der Waals surface area contributed by atoms with Crippen LogP contribution in [0.1, 0.15) is 31.2 Å². The predicted octanol–water partition coefficient (Wildman–Crippen LogP) is 6.58. The van der Waals surface area contributed by atoms with Crippen molar-refractivity contribution in [2.24, 2.45) is 29.1 Å². The number of fused-ring (bicyclic) bond motifs is 4. The maximum atomic E-state index is 14.6. The van der Waals surface area contributed by atoms with Crippen LogP contribution in [0.15, 0.2) is 115 Å². The molecular weight excluding hydrogens is 618 g/mol. The molecular formula is C40H35N3O6. The minimum atomic E-state index is -1.27. The molecule has 6 atom stereocenters. The van der Waals surface area contributed by atoms with E-state index in [1.54, 1.807) is 55.5 Å². The number of hydrogen-bond donors (Lipinski definition) is 2. The van der Waals surface area contributed by atoms with Gasteiger partial charge in [-0.15, -0.1) is 0 Å². The Morgan fingerprint density at radius 3 is 2.10 bits per heavy atom.